The molecule has 0 saturated heterocycles. The normalized spacial score (nSPS) is 10.9. The van der Waals surface area contributed by atoms with Crippen molar-refractivity contribution in [3.8, 4) is 11.8 Å². The van der Waals surface area contributed by atoms with Gasteiger partial charge in [0.1, 0.15) is 17.4 Å². The molecule has 0 aliphatic heterocycles. The molecule has 0 fully saturated rings. The number of hydrogen-bond acceptors (Lipinski definition) is 3. The number of nitrogens with one attached hydrogen (secondary N) is 1. The van der Waals surface area contributed by atoms with Crippen LogP contribution in [-0.2, 0) is 4.79 Å². The van der Waals surface area contributed by atoms with Crippen molar-refractivity contribution in [3.05, 3.63) is 62.6 Å². The van der Waals surface area contributed by atoms with Crippen LogP contribution in [0, 0.1) is 18.3 Å². The largest absolute Gasteiger partial charge is 0.496 e. The van der Waals surface area contributed by atoms with Crippen molar-refractivity contribution >= 4 is 45.2 Å². The van der Waals surface area contributed by atoms with Crippen LogP contribution in [-0.4, -0.2) is 13.0 Å². The molecule has 0 aliphatic carbocycles. The summed E-state index contributed by atoms with van der Waals surface area (Å²) in [7, 11) is 1.53. The monoisotopic (exact) mass is 404 g/mol. The van der Waals surface area contributed by atoms with Gasteiger partial charge in [-0.25, -0.2) is 0 Å². The summed E-state index contributed by atoms with van der Waals surface area (Å²) in [6, 6.07) is 12.4. The maximum Gasteiger partial charge on any atom is 0.266 e. The second-order valence-electron chi connectivity index (χ2n) is 4.97. The summed E-state index contributed by atoms with van der Waals surface area (Å²) in [6.07, 6.45) is 1.48. The SMILES string of the molecule is COc1ccc(Br)cc1/C=C(/C#N)C(=O)Nc1ccc(C)c(Cl)c1. The number of carbonyl (C=O) groups is 1. The van der Waals surface area contributed by atoms with Crippen LogP contribution in [0.3, 0.4) is 0 Å². The van der Waals surface area contributed by atoms with E-state index in [4.69, 9.17) is 16.3 Å². The van der Waals surface area contributed by atoms with Crippen molar-refractivity contribution in [2.75, 3.05) is 12.4 Å². The third-order valence-electron chi connectivity index (χ3n) is 3.29. The molecule has 6 heteroatoms. The molecule has 2 rings (SSSR count). The Morgan fingerprint density at radius 2 is 2.08 bits per heavy atom. The predicted octanol–water partition coefficient (Wildman–Crippen LogP) is 4.97. The molecule has 0 spiro atoms. The molecule has 1 N–H and O–H groups in total. The van der Waals surface area contributed by atoms with E-state index in [0.29, 0.717) is 22.0 Å². The van der Waals surface area contributed by atoms with Crippen LogP contribution in [0.2, 0.25) is 5.02 Å². The molecule has 2 aromatic rings. The molecule has 0 bridgehead atoms. The molecular formula is C18H14BrClN2O2. The lowest BCUT2D eigenvalue weighted by molar-refractivity contribution is -0.112. The van der Waals surface area contributed by atoms with Gasteiger partial charge in [-0.2, -0.15) is 5.26 Å². The third-order valence-corrected chi connectivity index (χ3v) is 4.19. The number of amides is 1. The Morgan fingerprint density at radius 3 is 2.71 bits per heavy atom. The van der Waals surface area contributed by atoms with E-state index in [-0.39, 0.29) is 5.57 Å². The summed E-state index contributed by atoms with van der Waals surface area (Å²) in [6.45, 7) is 1.87. The van der Waals surface area contributed by atoms with Gasteiger partial charge in [0.05, 0.1) is 7.11 Å². The maximum absolute atomic E-state index is 12.3. The number of nitriles is 1. The van der Waals surface area contributed by atoms with Gasteiger partial charge in [-0.05, 0) is 48.9 Å². The summed E-state index contributed by atoms with van der Waals surface area (Å²) in [4.78, 5) is 12.3. The zero-order valence-corrected chi connectivity index (χ0v) is 15.4. The lowest BCUT2D eigenvalue weighted by Gasteiger charge is -2.08. The fourth-order valence-electron chi connectivity index (χ4n) is 1.99. The van der Waals surface area contributed by atoms with Gasteiger partial charge in [0.25, 0.3) is 5.91 Å². The van der Waals surface area contributed by atoms with E-state index in [9.17, 15) is 10.1 Å². The van der Waals surface area contributed by atoms with E-state index in [1.807, 2.05) is 19.1 Å². The second-order valence-corrected chi connectivity index (χ2v) is 6.30. The Morgan fingerprint density at radius 1 is 1.33 bits per heavy atom. The molecule has 2 aromatic carbocycles. The van der Waals surface area contributed by atoms with Gasteiger partial charge in [-0.3, -0.25) is 4.79 Å². The first-order valence-electron chi connectivity index (χ1n) is 6.97. The summed E-state index contributed by atoms with van der Waals surface area (Å²) >= 11 is 9.40. The van der Waals surface area contributed by atoms with Crippen LogP contribution in [0.25, 0.3) is 6.08 Å². The van der Waals surface area contributed by atoms with E-state index in [2.05, 4.69) is 21.2 Å². The summed E-state index contributed by atoms with van der Waals surface area (Å²) in [5.74, 6) is 0.0524. The van der Waals surface area contributed by atoms with Crippen molar-refractivity contribution < 1.29 is 9.53 Å². The standard InChI is InChI=1S/C18H14BrClN2O2/c1-11-3-5-15(9-16(11)20)22-18(23)13(10-21)7-12-8-14(19)4-6-17(12)24-2/h3-9H,1-2H3,(H,22,23)/b13-7-. The lowest BCUT2D eigenvalue weighted by atomic mass is 10.1. The quantitative estimate of drug-likeness (QED) is 0.577. The summed E-state index contributed by atoms with van der Waals surface area (Å²) in [5.41, 5.74) is 2.02. The topological polar surface area (TPSA) is 62.1 Å². The summed E-state index contributed by atoms with van der Waals surface area (Å²) in [5, 5.41) is 12.5. The molecule has 0 radical (unpaired) electrons. The highest BCUT2D eigenvalue weighted by Gasteiger charge is 2.12. The van der Waals surface area contributed by atoms with Crippen molar-refractivity contribution in [2.24, 2.45) is 0 Å². The van der Waals surface area contributed by atoms with E-state index in [1.54, 1.807) is 30.3 Å². The number of hydrogen-bond donors (Lipinski definition) is 1. The van der Waals surface area contributed by atoms with E-state index < -0.39 is 5.91 Å². The number of carbonyl (C=O) groups excluding carboxylic acids is 1. The minimum absolute atomic E-state index is 0.0388. The van der Waals surface area contributed by atoms with Gasteiger partial charge < -0.3 is 10.1 Å². The number of aryl methyl sites for hydroxylation is 1. The van der Waals surface area contributed by atoms with E-state index >= 15 is 0 Å². The number of ether oxygens (including phenoxy) is 1. The molecule has 0 heterocycles. The van der Waals surface area contributed by atoms with Gasteiger partial charge in [0.15, 0.2) is 0 Å². The smallest absolute Gasteiger partial charge is 0.266 e. The summed E-state index contributed by atoms with van der Waals surface area (Å²) < 4.78 is 6.07. The highest BCUT2D eigenvalue weighted by Crippen LogP contribution is 2.26. The molecule has 0 saturated carbocycles. The Hall–Kier alpha value is -2.29. The van der Waals surface area contributed by atoms with Crippen LogP contribution in [0.1, 0.15) is 11.1 Å². The van der Waals surface area contributed by atoms with Crippen LogP contribution in [0.4, 0.5) is 5.69 Å². The fraction of sp³-hybridized carbons (Fsp3) is 0.111. The average molecular weight is 406 g/mol. The first-order chi connectivity index (χ1) is 11.4. The number of methoxy groups -OCH3 is 1. The molecule has 24 heavy (non-hydrogen) atoms. The van der Waals surface area contributed by atoms with Gasteiger partial charge in [0, 0.05) is 20.7 Å². The number of nitrogens with zero attached hydrogens (tertiary/aromatic N) is 1. The van der Waals surface area contributed by atoms with Crippen molar-refractivity contribution in [1.82, 2.24) is 0 Å². The zero-order chi connectivity index (χ0) is 17.7. The number of anilines is 1. The average Bonchev–Trinajstić information content (AvgIpc) is 2.56. The maximum atomic E-state index is 12.3. The Bertz CT molecular complexity index is 857. The molecule has 0 atom stereocenters. The first kappa shape index (κ1) is 18.1. The van der Waals surface area contributed by atoms with Gasteiger partial charge in [-0.15, -0.1) is 0 Å². The highest BCUT2D eigenvalue weighted by atomic mass is 79.9. The molecule has 0 unspecified atom stereocenters. The molecular weight excluding hydrogens is 392 g/mol. The minimum Gasteiger partial charge on any atom is -0.496 e. The van der Waals surface area contributed by atoms with Crippen molar-refractivity contribution in [2.45, 2.75) is 6.92 Å². The van der Waals surface area contributed by atoms with Gasteiger partial charge in [-0.1, -0.05) is 33.6 Å². The molecule has 1 amide bonds. The fourth-order valence-corrected chi connectivity index (χ4v) is 2.55. The van der Waals surface area contributed by atoms with Gasteiger partial charge in [0.2, 0.25) is 0 Å². The minimum atomic E-state index is -0.514. The van der Waals surface area contributed by atoms with E-state index in [1.165, 1.54) is 13.2 Å². The van der Waals surface area contributed by atoms with Crippen molar-refractivity contribution in [1.29, 1.82) is 5.26 Å². The Balaban J connectivity index is 2.30. The molecule has 4 nitrogen and oxygen atoms in total. The molecule has 122 valence electrons. The number of halogens is 2. The molecule has 0 aromatic heterocycles. The van der Waals surface area contributed by atoms with Crippen LogP contribution >= 0.6 is 27.5 Å². The highest BCUT2D eigenvalue weighted by molar-refractivity contribution is 9.10. The zero-order valence-electron chi connectivity index (χ0n) is 13.1. The van der Waals surface area contributed by atoms with Crippen LogP contribution in [0.5, 0.6) is 5.75 Å². The van der Waals surface area contributed by atoms with E-state index in [0.717, 1.165) is 10.0 Å². The van der Waals surface area contributed by atoms with Crippen molar-refractivity contribution in [3.63, 3.8) is 0 Å². The number of rotatable bonds is 4. The van der Waals surface area contributed by atoms with Crippen LogP contribution in [0.15, 0.2) is 46.4 Å². The number of benzene rings is 2. The third kappa shape index (κ3) is 4.38. The Labute approximate surface area is 153 Å². The first-order valence-corrected chi connectivity index (χ1v) is 8.14. The lowest BCUT2D eigenvalue weighted by Crippen LogP contribution is -2.13. The van der Waals surface area contributed by atoms with Crippen LogP contribution < -0.4 is 10.1 Å². The molecule has 0 aliphatic rings. The predicted molar refractivity (Wildman–Crippen MR) is 99.1 cm³/mol. The van der Waals surface area contributed by atoms with Gasteiger partial charge >= 0.3 is 0 Å². The Kier molecular flexibility index (Phi) is 6.02. The second kappa shape index (κ2) is 8.00.